The molecule has 0 N–H and O–H groups in total. The quantitative estimate of drug-likeness (QED) is 0.400. The summed E-state index contributed by atoms with van der Waals surface area (Å²) in [4.78, 5) is 0.166. The summed E-state index contributed by atoms with van der Waals surface area (Å²) in [5.41, 5.74) is 5.28. The molecule has 0 aliphatic heterocycles. The lowest BCUT2D eigenvalue weighted by atomic mass is 9.82. The van der Waals surface area contributed by atoms with Crippen molar-refractivity contribution in [3.05, 3.63) is 67.6 Å². The summed E-state index contributed by atoms with van der Waals surface area (Å²) < 4.78 is 2.27. The SMILES string of the molecule is Cc1cc(Br)c(C(Br)c2ccccc2C(C)(C)C)cc1Br. The molecule has 0 saturated heterocycles. The van der Waals surface area contributed by atoms with Gasteiger partial charge in [0, 0.05) is 8.95 Å². The zero-order valence-electron chi connectivity index (χ0n) is 12.7. The summed E-state index contributed by atoms with van der Waals surface area (Å²) in [6, 6.07) is 13.0. The molecule has 0 spiro atoms. The molecule has 0 radical (unpaired) electrons. The smallest absolute Gasteiger partial charge is 0.0658 e. The summed E-state index contributed by atoms with van der Waals surface area (Å²) in [5.74, 6) is 0. The highest BCUT2D eigenvalue weighted by molar-refractivity contribution is 9.11. The van der Waals surface area contributed by atoms with E-state index in [4.69, 9.17) is 0 Å². The van der Waals surface area contributed by atoms with Crippen molar-refractivity contribution in [1.29, 1.82) is 0 Å². The van der Waals surface area contributed by atoms with E-state index in [1.165, 1.54) is 22.3 Å². The predicted octanol–water partition coefficient (Wildman–Crippen LogP) is 7.30. The Balaban J connectivity index is 2.56. The Kier molecular flexibility index (Phi) is 5.38. The van der Waals surface area contributed by atoms with Gasteiger partial charge in [0.15, 0.2) is 0 Å². The van der Waals surface area contributed by atoms with Gasteiger partial charge in [0.25, 0.3) is 0 Å². The summed E-state index contributed by atoms with van der Waals surface area (Å²) in [5, 5.41) is 0. The third kappa shape index (κ3) is 3.80. The second kappa shape index (κ2) is 6.55. The van der Waals surface area contributed by atoms with Crippen LogP contribution < -0.4 is 0 Å². The van der Waals surface area contributed by atoms with Gasteiger partial charge in [0.1, 0.15) is 0 Å². The highest BCUT2D eigenvalue weighted by atomic mass is 79.9. The number of halogens is 3. The van der Waals surface area contributed by atoms with Crippen molar-refractivity contribution in [1.82, 2.24) is 0 Å². The normalized spacial score (nSPS) is 13.3. The average molecular weight is 475 g/mol. The molecule has 0 heterocycles. The summed E-state index contributed by atoms with van der Waals surface area (Å²) >= 11 is 11.2. The lowest BCUT2D eigenvalue weighted by Crippen LogP contribution is -2.15. The lowest BCUT2D eigenvalue weighted by molar-refractivity contribution is 0.584. The molecule has 0 amide bonds. The van der Waals surface area contributed by atoms with E-state index >= 15 is 0 Å². The molecular weight excluding hydrogens is 456 g/mol. The first kappa shape index (κ1) is 17.2. The van der Waals surface area contributed by atoms with Crippen molar-refractivity contribution in [2.45, 2.75) is 37.9 Å². The molecule has 1 atom stereocenters. The summed E-state index contributed by atoms with van der Waals surface area (Å²) in [7, 11) is 0. The third-order valence-corrected chi connectivity index (χ3v) is 6.12. The first-order valence-corrected chi connectivity index (χ1v) is 9.41. The van der Waals surface area contributed by atoms with Crippen molar-refractivity contribution in [3.63, 3.8) is 0 Å². The Labute approximate surface area is 152 Å². The molecule has 0 bridgehead atoms. The minimum atomic E-state index is 0.122. The van der Waals surface area contributed by atoms with Gasteiger partial charge >= 0.3 is 0 Å². The lowest BCUT2D eigenvalue weighted by Gasteiger charge is -2.26. The van der Waals surface area contributed by atoms with Crippen molar-refractivity contribution in [3.8, 4) is 0 Å². The van der Waals surface area contributed by atoms with Crippen LogP contribution in [0.15, 0.2) is 45.3 Å². The maximum Gasteiger partial charge on any atom is 0.0658 e. The molecule has 0 aliphatic carbocycles. The molecule has 2 aromatic carbocycles. The average Bonchev–Trinajstić information content (AvgIpc) is 2.41. The number of rotatable bonds is 2. The highest BCUT2D eigenvalue weighted by Crippen LogP contribution is 2.41. The third-order valence-electron chi connectivity index (χ3n) is 3.59. The van der Waals surface area contributed by atoms with Gasteiger partial charge in [-0.3, -0.25) is 0 Å². The van der Waals surface area contributed by atoms with E-state index in [2.05, 4.69) is 112 Å². The molecule has 2 aromatic rings. The largest absolute Gasteiger partial charge is 0.0786 e. The minimum Gasteiger partial charge on any atom is -0.0786 e. The highest BCUT2D eigenvalue weighted by Gasteiger charge is 2.23. The Morgan fingerprint density at radius 1 is 0.905 bits per heavy atom. The zero-order valence-corrected chi connectivity index (χ0v) is 17.4. The van der Waals surface area contributed by atoms with Crippen LogP contribution in [-0.4, -0.2) is 0 Å². The van der Waals surface area contributed by atoms with Gasteiger partial charge in [-0.05, 0) is 46.7 Å². The fraction of sp³-hybridized carbons (Fsp3) is 0.333. The molecule has 0 aliphatic rings. The Bertz CT molecular complexity index is 654. The number of hydrogen-bond donors (Lipinski definition) is 0. The summed E-state index contributed by atoms with van der Waals surface area (Å²) in [6.07, 6.45) is 0. The maximum atomic E-state index is 3.90. The van der Waals surface area contributed by atoms with Crippen LogP contribution in [0.4, 0.5) is 0 Å². The van der Waals surface area contributed by atoms with E-state index in [9.17, 15) is 0 Å². The molecular formula is C18H19Br3. The van der Waals surface area contributed by atoms with Gasteiger partial charge in [0.05, 0.1) is 4.83 Å². The van der Waals surface area contributed by atoms with Crippen LogP contribution in [0.2, 0.25) is 0 Å². The Morgan fingerprint density at radius 3 is 2.14 bits per heavy atom. The number of hydrogen-bond acceptors (Lipinski definition) is 0. The Hall–Kier alpha value is -0.120. The first-order valence-electron chi connectivity index (χ1n) is 6.91. The van der Waals surface area contributed by atoms with Gasteiger partial charge in [0.2, 0.25) is 0 Å². The zero-order chi connectivity index (χ0) is 15.8. The molecule has 21 heavy (non-hydrogen) atoms. The molecule has 1 unspecified atom stereocenters. The van der Waals surface area contributed by atoms with Crippen LogP contribution in [0.3, 0.4) is 0 Å². The molecule has 3 heteroatoms. The molecule has 0 aromatic heterocycles. The van der Waals surface area contributed by atoms with Crippen molar-refractivity contribution < 1.29 is 0 Å². The van der Waals surface area contributed by atoms with E-state index in [0.717, 1.165) is 8.95 Å². The van der Waals surface area contributed by atoms with E-state index in [1.54, 1.807) is 0 Å². The van der Waals surface area contributed by atoms with Crippen LogP contribution in [0.5, 0.6) is 0 Å². The van der Waals surface area contributed by atoms with E-state index in [0.29, 0.717) is 0 Å². The monoisotopic (exact) mass is 472 g/mol. The Morgan fingerprint density at radius 2 is 1.52 bits per heavy atom. The maximum absolute atomic E-state index is 3.90. The van der Waals surface area contributed by atoms with Gasteiger partial charge in [-0.2, -0.15) is 0 Å². The predicted molar refractivity (Wildman–Crippen MR) is 102 cm³/mol. The number of benzene rings is 2. The van der Waals surface area contributed by atoms with Crippen molar-refractivity contribution in [2.24, 2.45) is 0 Å². The van der Waals surface area contributed by atoms with Crippen LogP contribution in [0.25, 0.3) is 0 Å². The first-order chi connectivity index (χ1) is 9.71. The van der Waals surface area contributed by atoms with E-state index in [1.807, 2.05) is 0 Å². The topological polar surface area (TPSA) is 0 Å². The second-order valence-electron chi connectivity index (χ2n) is 6.32. The molecule has 0 nitrogen and oxygen atoms in total. The van der Waals surface area contributed by atoms with Crippen LogP contribution in [0.1, 0.15) is 47.9 Å². The number of alkyl halides is 1. The van der Waals surface area contributed by atoms with Crippen LogP contribution >= 0.6 is 47.8 Å². The van der Waals surface area contributed by atoms with Gasteiger partial charge in [-0.1, -0.05) is 92.8 Å². The van der Waals surface area contributed by atoms with Crippen molar-refractivity contribution in [2.75, 3.05) is 0 Å². The van der Waals surface area contributed by atoms with Crippen molar-refractivity contribution >= 4 is 47.8 Å². The minimum absolute atomic E-state index is 0.122. The van der Waals surface area contributed by atoms with Gasteiger partial charge < -0.3 is 0 Å². The van der Waals surface area contributed by atoms with Gasteiger partial charge in [-0.25, -0.2) is 0 Å². The number of aryl methyl sites for hydroxylation is 1. The summed E-state index contributed by atoms with van der Waals surface area (Å²) in [6.45, 7) is 8.87. The van der Waals surface area contributed by atoms with E-state index < -0.39 is 0 Å². The second-order valence-corrected chi connectivity index (χ2v) is 8.95. The fourth-order valence-electron chi connectivity index (χ4n) is 2.42. The standard InChI is InChI=1S/C18H19Br3/c1-11-9-16(20)13(10-15(11)19)17(21)12-7-5-6-8-14(12)18(2,3)4/h5-10,17H,1-4H3. The molecule has 0 saturated carbocycles. The molecule has 0 fully saturated rings. The van der Waals surface area contributed by atoms with E-state index in [-0.39, 0.29) is 10.2 Å². The van der Waals surface area contributed by atoms with Crippen LogP contribution in [-0.2, 0) is 5.41 Å². The molecule has 112 valence electrons. The van der Waals surface area contributed by atoms with Crippen LogP contribution in [0, 0.1) is 6.92 Å². The molecule has 2 rings (SSSR count). The van der Waals surface area contributed by atoms with Gasteiger partial charge in [-0.15, -0.1) is 0 Å². The fourth-order valence-corrected chi connectivity index (χ4v) is 4.56.